The highest BCUT2D eigenvalue weighted by molar-refractivity contribution is 6.31. The molecular formula is C20H27ClN4O2. The van der Waals surface area contributed by atoms with Crippen molar-refractivity contribution in [1.82, 2.24) is 9.80 Å². The first-order valence-corrected chi connectivity index (χ1v) is 9.78. The molecule has 1 fully saturated rings. The van der Waals surface area contributed by atoms with E-state index >= 15 is 0 Å². The van der Waals surface area contributed by atoms with Crippen LogP contribution < -0.4 is 21.1 Å². The smallest absolute Gasteiger partial charge is 0.253 e. The largest absolute Gasteiger partial charge is 0.380 e. The van der Waals surface area contributed by atoms with Crippen LogP contribution in [-0.4, -0.2) is 63.2 Å². The molecule has 27 heavy (non-hydrogen) atoms. The lowest BCUT2D eigenvalue weighted by atomic mass is 10.1. The quantitative estimate of drug-likeness (QED) is 0.546. The number of piperazine rings is 1. The van der Waals surface area contributed by atoms with Gasteiger partial charge < -0.3 is 15.1 Å². The number of nitrogens with zero attached hydrogens (tertiary/aromatic N) is 3. The lowest BCUT2D eigenvalue weighted by Gasteiger charge is -2.37. The monoisotopic (exact) mass is 390 g/mol. The molecule has 0 saturated carbocycles. The molecule has 1 aliphatic heterocycles. The predicted molar refractivity (Wildman–Crippen MR) is 112 cm³/mol. The fourth-order valence-electron chi connectivity index (χ4n) is 3.45. The van der Waals surface area contributed by atoms with Gasteiger partial charge in [-0.2, -0.15) is 0 Å². The third-order valence-electron chi connectivity index (χ3n) is 5.01. The van der Waals surface area contributed by atoms with Gasteiger partial charge in [-0.05, 0) is 38.7 Å². The van der Waals surface area contributed by atoms with Crippen LogP contribution in [0, 0.1) is 0 Å². The van der Waals surface area contributed by atoms with Gasteiger partial charge in [0.1, 0.15) is 11.4 Å². The van der Waals surface area contributed by atoms with Crippen molar-refractivity contribution in [2.24, 2.45) is 0 Å². The van der Waals surface area contributed by atoms with E-state index in [9.17, 15) is 9.59 Å². The average Bonchev–Trinajstić information content (AvgIpc) is 2.66. The first-order valence-electron chi connectivity index (χ1n) is 9.40. The van der Waals surface area contributed by atoms with Crippen molar-refractivity contribution < 1.29 is 0 Å². The number of hydrogen-bond donors (Lipinski definition) is 1. The maximum absolute atomic E-state index is 12.1. The first-order chi connectivity index (χ1) is 13.0. The molecule has 0 unspecified atom stereocenters. The molecule has 0 aliphatic carbocycles. The molecule has 0 amide bonds. The molecule has 2 aromatic carbocycles. The van der Waals surface area contributed by atoms with Crippen molar-refractivity contribution in [1.29, 1.82) is 0 Å². The minimum Gasteiger partial charge on any atom is -0.380 e. The van der Waals surface area contributed by atoms with Gasteiger partial charge in [-0.3, -0.25) is 14.5 Å². The number of anilines is 2. The van der Waals surface area contributed by atoms with Crippen molar-refractivity contribution in [2.45, 2.75) is 13.0 Å². The minimum atomic E-state index is -0.381. The molecule has 0 atom stereocenters. The number of nitrogens with one attached hydrogen (secondary N) is 1. The zero-order valence-electron chi connectivity index (χ0n) is 16.0. The Morgan fingerprint density at radius 1 is 1.07 bits per heavy atom. The summed E-state index contributed by atoms with van der Waals surface area (Å²) in [4.78, 5) is 30.5. The van der Waals surface area contributed by atoms with Gasteiger partial charge in [0.25, 0.3) is 10.9 Å². The third-order valence-corrected chi connectivity index (χ3v) is 5.38. The highest BCUT2D eigenvalue weighted by Gasteiger charge is 2.28. The number of halogens is 1. The van der Waals surface area contributed by atoms with E-state index in [0.29, 0.717) is 17.9 Å². The van der Waals surface area contributed by atoms with Crippen molar-refractivity contribution >= 4 is 23.0 Å². The highest BCUT2D eigenvalue weighted by atomic mass is 35.5. The van der Waals surface area contributed by atoms with Gasteiger partial charge >= 0.3 is 0 Å². The topological polar surface area (TPSA) is 55.9 Å². The summed E-state index contributed by atoms with van der Waals surface area (Å²) in [7, 11) is 4.04. The predicted octanol–water partition coefficient (Wildman–Crippen LogP) is 1.62. The summed E-state index contributed by atoms with van der Waals surface area (Å²) in [5.74, 6) is 0. The minimum absolute atomic E-state index is 0.357. The summed E-state index contributed by atoms with van der Waals surface area (Å²) in [6.07, 6.45) is 0.927. The molecule has 1 heterocycles. The second kappa shape index (κ2) is 8.87. The standard InChI is InChI=1S/C20H27ClN4O2/c1-23(2)9-5-8-22-17-18(20(27)19(17)26)25-12-10-24(11-13-25)14-15-6-3-4-7-16(15)21/h3-4,6-7,22H,5,8-14H2,1-2H3. The van der Waals surface area contributed by atoms with Crippen LogP contribution in [0.2, 0.25) is 5.02 Å². The SMILES string of the molecule is CN(C)CCCNc1c(N2CCN(Cc3ccccc3Cl)CC2)c(=O)c1=O. The van der Waals surface area contributed by atoms with Crippen molar-refractivity contribution in [3.63, 3.8) is 0 Å². The van der Waals surface area contributed by atoms with E-state index in [1.165, 1.54) is 0 Å². The summed E-state index contributed by atoms with van der Waals surface area (Å²) >= 11 is 6.25. The maximum atomic E-state index is 12.1. The number of rotatable bonds is 8. The maximum Gasteiger partial charge on any atom is 0.253 e. The Morgan fingerprint density at radius 2 is 1.78 bits per heavy atom. The molecule has 2 aromatic rings. The van der Waals surface area contributed by atoms with Gasteiger partial charge in [-0.15, -0.1) is 0 Å². The van der Waals surface area contributed by atoms with Crippen LogP contribution in [0.4, 0.5) is 11.4 Å². The van der Waals surface area contributed by atoms with Crippen LogP contribution in [0.15, 0.2) is 33.9 Å². The molecule has 3 rings (SSSR count). The Bertz CT molecular complexity index is 837. The lowest BCUT2D eigenvalue weighted by molar-refractivity contribution is 0.249. The van der Waals surface area contributed by atoms with E-state index in [-0.39, 0.29) is 10.9 Å². The van der Waals surface area contributed by atoms with Crippen LogP contribution in [0.5, 0.6) is 0 Å². The Balaban J connectivity index is 1.55. The summed E-state index contributed by atoms with van der Waals surface area (Å²) in [6, 6.07) is 7.88. The second-order valence-corrected chi connectivity index (χ2v) is 7.73. The van der Waals surface area contributed by atoms with E-state index in [2.05, 4.69) is 15.1 Å². The molecule has 7 heteroatoms. The van der Waals surface area contributed by atoms with Gasteiger partial charge in [-0.1, -0.05) is 29.8 Å². The van der Waals surface area contributed by atoms with Crippen LogP contribution in [0.1, 0.15) is 12.0 Å². The zero-order chi connectivity index (χ0) is 19.4. The normalized spacial score (nSPS) is 15.6. The summed E-state index contributed by atoms with van der Waals surface area (Å²) in [5, 5.41) is 3.95. The fourth-order valence-corrected chi connectivity index (χ4v) is 3.65. The molecule has 6 nitrogen and oxygen atoms in total. The zero-order valence-corrected chi connectivity index (χ0v) is 16.8. The lowest BCUT2D eigenvalue weighted by Crippen LogP contribution is -2.51. The summed E-state index contributed by atoms with van der Waals surface area (Å²) in [6.45, 7) is 5.59. The fraction of sp³-hybridized carbons (Fsp3) is 0.500. The van der Waals surface area contributed by atoms with Gasteiger partial charge in [0, 0.05) is 44.3 Å². The van der Waals surface area contributed by atoms with Crippen molar-refractivity contribution in [3.05, 3.63) is 55.3 Å². The Morgan fingerprint density at radius 3 is 2.44 bits per heavy atom. The second-order valence-electron chi connectivity index (χ2n) is 7.32. The van der Waals surface area contributed by atoms with E-state index in [0.717, 1.165) is 56.3 Å². The van der Waals surface area contributed by atoms with E-state index in [1.807, 2.05) is 43.3 Å². The van der Waals surface area contributed by atoms with Crippen molar-refractivity contribution in [3.8, 4) is 0 Å². The molecule has 1 aliphatic rings. The van der Waals surface area contributed by atoms with Crippen molar-refractivity contribution in [2.75, 3.05) is 63.6 Å². The van der Waals surface area contributed by atoms with Gasteiger partial charge in [-0.25, -0.2) is 0 Å². The van der Waals surface area contributed by atoms with Crippen LogP contribution >= 0.6 is 11.6 Å². The van der Waals surface area contributed by atoms with E-state index < -0.39 is 0 Å². The van der Waals surface area contributed by atoms with Gasteiger partial charge in [0.2, 0.25) is 0 Å². The molecule has 0 radical (unpaired) electrons. The van der Waals surface area contributed by atoms with Gasteiger partial charge in [0.05, 0.1) is 0 Å². The van der Waals surface area contributed by atoms with E-state index in [4.69, 9.17) is 11.6 Å². The molecule has 0 aromatic heterocycles. The molecule has 146 valence electrons. The Hall–Kier alpha value is -1.89. The highest BCUT2D eigenvalue weighted by Crippen LogP contribution is 2.23. The Labute approximate surface area is 165 Å². The number of benzene rings is 1. The molecule has 1 N–H and O–H groups in total. The molecular weight excluding hydrogens is 364 g/mol. The van der Waals surface area contributed by atoms with E-state index in [1.54, 1.807) is 0 Å². The average molecular weight is 391 g/mol. The first kappa shape index (κ1) is 19.9. The molecule has 0 bridgehead atoms. The van der Waals surface area contributed by atoms with Crippen LogP contribution in [-0.2, 0) is 6.54 Å². The number of hydrogen-bond acceptors (Lipinski definition) is 6. The van der Waals surface area contributed by atoms with Crippen LogP contribution in [0.3, 0.4) is 0 Å². The molecule has 1 saturated heterocycles. The Kier molecular flexibility index (Phi) is 6.52. The summed E-state index contributed by atoms with van der Waals surface area (Å²) < 4.78 is 0. The van der Waals surface area contributed by atoms with Gasteiger partial charge in [0.15, 0.2) is 0 Å². The summed E-state index contributed by atoms with van der Waals surface area (Å²) in [5.41, 5.74) is 1.45. The van der Waals surface area contributed by atoms with Crippen LogP contribution in [0.25, 0.3) is 0 Å². The third kappa shape index (κ3) is 4.69. The molecule has 0 spiro atoms.